The highest BCUT2D eigenvalue weighted by Crippen LogP contribution is 2.26. The third kappa shape index (κ3) is 1.62. The minimum Gasteiger partial charge on any atom is -0.507 e. The molecule has 0 aliphatic carbocycles. The van der Waals surface area contributed by atoms with Gasteiger partial charge in [-0.1, -0.05) is 18.7 Å². The summed E-state index contributed by atoms with van der Waals surface area (Å²) in [6.07, 6.45) is 1.53. The van der Waals surface area contributed by atoms with E-state index < -0.39 is 5.97 Å². The topological polar surface area (TPSA) is 46.5 Å². The molecule has 0 spiro atoms. The van der Waals surface area contributed by atoms with Gasteiger partial charge in [-0.25, -0.2) is 4.79 Å². The minimum absolute atomic E-state index is 0.0721. The number of hydrogen-bond acceptors (Lipinski definition) is 3. The molecule has 0 unspecified atom stereocenters. The van der Waals surface area contributed by atoms with Crippen molar-refractivity contribution in [3.05, 3.63) is 35.4 Å². The average Bonchev–Trinajstić information content (AvgIpc) is 2.21. The summed E-state index contributed by atoms with van der Waals surface area (Å²) in [6.45, 7) is 5.21. The van der Waals surface area contributed by atoms with E-state index in [0.29, 0.717) is 16.7 Å². The van der Waals surface area contributed by atoms with Crippen molar-refractivity contribution in [3.8, 4) is 5.75 Å². The highest BCUT2D eigenvalue weighted by atomic mass is 16.5. The lowest BCUT2D eigenvalue weighted by molar-refractivity contribution is 0.0599. The zero-order chi connectivity index (χ0) is 10.7. The van der Waals surface area contributed by atoms with Gasteiger partial charge in [-0.2, -0.15) is 0 Å². The van der Waals surface area contributed by atoms with Crippen LogP contribution in [0.3, 0.4) is 0 Å². The molecule has 1 aromatic carbocycles. The van der Waals surface area contributed by atoms with Gasteiger partial charge in [0.15, 0.2) is 0 Å². The lowest BCUT2D eigenvalue weighted by Crippen LogP contribution is -2.04. The van der Waals surface area contributed by atoms with Crippen LogP contribution >= 0.6 is 0 Å². The Morgan fingerprint density at radius 1 is 1.57 bits per heavy atom. The number of esters is 1. The van der Waals surface area contributed by atoms with Gasteiger partial charge in [0.05, 0.1) is 12.7 Å². The fourth-order valence-corrected chi connectivity index (χ4v) is 1.22. The lowest BCUT2D eigenvalue weighted by Gasteiger charge is -2.07. The number of benzene rings is 1. The van der Waals surface area contributed by atoms with Crippen LogP contribution in [0, 0.1) is 6.92 Å². The molecule has 0 atom stereocenters. The average molecular weight is 192 g/mol. The van der Waals surface area contributed by atoms with Crippen LogP contribution in [-0.2, 0) is 4.74 Å². The van der Waals surface area contributed by atoms with Crippen LogP contribution in [0.1, 0.15) is 21.5 Å². The summed E-state index contributed by atoms with van der Waals surface area (Å²) in [6, 6.07) is 3.24. The standard InChI is InChI=1S/C11H12O3/c1-4-8-5-6-9(11(13)14-3)7(2)10(8)12/h4-6,12H,1H2,2-3H3. The summed E-state index contributed by atoms with van der Waals surface area (Å²) in [7, 11) is 1.31. The van der Waals surface area contributed by atoms with Gasteiger partial charge in [-0.05, 0) is 13.0 Å². The first-order valence-corrected chi connectivity index (χ1v) is 4.15. The van der Waals surface area contributed by atoms with Gasteiger partial charge in [0.2, 0.25) is 0 Å². The second-order valence-electron chi connectivity index (χ2n) is 2.87. The van der Waals surface area contributed by atoms with Crippen LogP contribution in [0.15, 0.2) is 18.7 Å². The zero-order valence-corrected chi connectivity index (χ0v) is 8.20. The molecule has 1 aromatic rings. The monoisotopic (exact) mass is 192 g/mol. The molecule has 0 bridgehead atoms. The van der Waals surface area contributed by atoms with E-state index in [1.54, 1.807) is 19.1 Å². The Morgan fingerprint density at radius 2 is 2.21 bits per heavy atom. The molecule has 0 saturated heterocycles. The van der Waals surface area contributed by atoms with Gasteiger partial charge in [0, 0.05) is 11.1 Å². The maximum atomic E-state index is 11.2. The molecule has 3 nitrogen and oxygen atoms in total. The Morgan fingerprint density at radius 3 is 2.71 bits per heavy atom. The molecule has 0 heterocycles. The second-order valence-corrected chi connectivity index (χ2v) is 2.87. The van der Waals surface area contributed by atoms with Crippen LogP contribution in [0.5, 0.6) is 5.75 Å². The third-order valence-corrected chi connectivity index (χ3v) is 2.09. The van der Waals surface area contributed by atoms with Crippen molar-refractivity contribution in [1.82, 2.24) is 0 Å². The predicted molar refractivity (Wildman–Crippen MR) is 54.3 cm³/mol. The first-order valence-electron chi connectivity index (χ1n) is 4.15. The van der Waals surface area contributed by atoms with Crippen molar-refractivity contribution in [2.75, 3.05) is 7.11 Å². The van der Waals surface area contributed by atoms with E-state index in [4.69, 9.17) is 0 Å². The molecule has 0 amide bonds. The quantitative estimate of drug-likeness (QED) is 0.730. The Bertz CT molecular complexity index is 380. The minimum atomic E-state index is -0.451. The predicted octanol–water partition coefficient (Wildman–Crippen LogP) is 2.13. The number of ether oxygens (including phenoxy) is 1. The molecule has 0 saturated carbocycles. The van der Waals surface area contributed by atoms with E-state index in [1.807, 2.05) is 0 Å². The molecule has 14 heavy (non-hydrogen) atoms. The number of carbonyl (C=O) groups is 1. The summed E-state index contributed by atoms with van der Waals surface area (Å²) in [5.74, 6) is -0.378. The number of hydrogen-bond donors (Lipinski definition) is 1. The van der Waals surface area contributed by atoms with Crippen molar-refractivity contribution in [2.24, 2.45) is 0 Å². The first-order chi connectivity index (χ1) is 6.61. The third-order valence-electron chi connectivity index (χ3n) is 2.09. The molecule has 0 aliphatic rings. The Balaban J connectivity index is 3.30. The van der Waals surface area contributed by atoms with Gasteiger partial charge >= 0.3 is 5.97 Å². The number of carbonyl (C=O) groups excluding carboxylic acids is 1. The van der Waals surface area contributed by atoms with Crippen molar-refractivity contribution < 1.29 is 14.6 Å². The van der Waals surface area contributed by atoms with Crippen LogP contribution in [0.25, 0.3) is 6.08 Å². The number of rotatable bonds is 2. The second kappa shape index (κ2) is 3.96. The highest BCUT2D eigenvalue weighted by Gasteiger charge is 2.13. The highest BCUT2D eigenvalue weighted by molar-refractivity contribution is 5.92. The van der Waals surface area contributed by atoms with E-state index in [1.165, 1.54) is 13.2 Å². The number of methoxy groups -OCH3 is 1. The SMILES string of the molecule is C=Cc1ccc(C(=O)OC)c(C)c1O. The lowest BCUT2D eigenvalue weighted by atomic mass is 10.0. The Labute approximate surface area is 82.6 Å². The molecule has 0 aromatic heterocycles. The van der Waals surface area contributed by atoms with E-state index >= 15 is 0 Å². The maximum Gasteiger partial charge on any atom is 0.338 e. The normalized spacial score (nSPS) is 9.57. The van der Waals surface area contributed by atoms with Crippen LogP contribution in [0.2, 0.25) is 0 Å². The van der Waals surface area contributed by atoms with Gasteiger partial charge in [0.25, 0.3) is 0 Å². The first kappa shape index (κ1) is 10.3. The van der Waals surface area contributed by atoms with Crippen molar-refractivity contribution in [3.63, 3.8) is 0 Å². The van der Waals surface area contributed by atoms with Crippen molar-refractivity contribution >= 4 is 12.0 Å². The summed E-state index contributed by atoms with van der Waals surface area (Å²) < 4.78 is 4.57. The van der Waals surface area contributed by atoms with E-state index in [0.717, 1.165) is 0 Å². The molecule has 74 valence electrons. The Hall–Kier alpha value is -1.77. The molecule has 0 aliphatic heterocycles. The number of phenolic OH excluding ortho intramolecular Hbond substituents is 1. The van der Waals surface area contributed by atoms with Crippen molar-refractivity contribution in [2.45, 2.75) is 6.92 Å². The smallest absolute Gasteiger partial charge is 0.338 e. The van der Waals surface area contributed by atoms with Crippen LogP contribution < -0.4 is 0 Å². The maximum absolute atomic E-state index is 11.2. The largest absolute Gasteiger partial charge is 0.507 e. The summed E-state index contributed by atoms with van der Waals surface area (Å²) in [5.41, 5.74) is 1.49. The summed E-state index contributed by atoms with van der Waals surface area (Å²) >= 11 is 0. The van der Waals surface area contributed by atoms with E-state index in [-0.39, 0.29) is 5.75 Å². The fraction of sp³-hybridized carbons (Fsp3) is 0.182. The summed E-state index contributed by atoms with van der Waals surface area (Å²) in [5, 5.41) is 9.64. The van der Waals surface area contributed by atoms with Gasteiger partial charge in [-0.15, -0.1) is 0 Å². The van der Waals surface area contributed by atoms with Crippen LogP contribution in [0.4, 0.5) is 0 Å². The van der Waals surface area contributed by atoms with E-state index in [2.05, 4.69) is 11.3 Å². The fourth-order valence-electron chi connectivity index (χ4n) is 1.22. The zero-order valence-electron chi connectivity index (χ0n) is 8.20. The Kier molecular flexibility index (Phi) is 2.92. The van der Waals surface area contributed by atoms with Gasteiger partial charge in [0.1, 0.15) is 5.75 Å². The van der Waals surface area contributed by atoms with E-state index in [9.17, 15) is 9.90 Å². The molecule has 1 N–H and O–H groups in total. The van der Waals surface area contributed by atoms with Gasteiger partial charge < -0.3 is 9.84 Å². The molecular weight excluding hydrogens is 180 g/mol. The molecule has 1 rings (SSSR count). The van der Waals surface area contributed by atoms with Crippen LogP contribution in [-0.4, -0.2) is 18.2 Å². The molecule has 3 heteroatoms. The van der Waals surface area contributed by atoms with Crippen molar-refractivity contribution in [1.29, 1.82) is 0 Å². The van der Waals surface area contributed by atoms with Gasteiger partial charge in [-0.3, -0.25) is 0 Å². The number of aromatic hydroxyl groups is 1. The summed E-state index contributed by atoms with van der Waals surface area (Å²) in [4.78, 5) is 11.2. The number of phenols is 1. The molecule has 0 fully saturated rings. The molecular formula is C11H12O3. The molecule has 0 radical (unpaired) electrons.